The number of amides is 4. The van der Waals surface area contributed by atoms with E-state index in [1.165, 1.54) is 27.7 Å². The van der Waals surface area contributed by atoms with Crippen LogP contribution in [0.4, 0.5) is 0 Å². The molecule has 0 saturated carbocycles. The molecule has 12 unspecified atom stereocenters. The molecule has 20 atom stereocenters. The molecule has 0 aromatic heterocycles. The molecule has 0 aliphatic carbocycles. The maximum Gasteiger partial charge on any atom is 0.335 e. The Balaban J connectivity index is 1.60. The lowest BCUT2D eigenvalue weighted by molar-refractivity contribution is -0.372. The Morgan fingerprint density at radius 1 is 0.562 bits per heavy atom. The van der Waals surface area contributed by atoms with Crippen LogP contribution in [-0.4, -0.2) is 221 Å². The molecule has 0 spiro atoms. The fourth-order valence-corrected chi connectivity index (χ4v) is 7.61. The average Bonchev–Trinajstić information content (AvgIpc) is 3.22. The third-order valence-corrected chi connectivity index (χ3v) is 10.9. The van der Waals surface area contributed by atoms with Crippen molar-refractivity contribution >= 4 is 29.6 Å². The Morgan fingerprint density at radius 3 is 1.59 bits per heavy atom. The average molecular weight is 928 g/mol. The first-order valence-corrected chi connectivity index (χ1v) is 21.0. The molecular formula is C38H65N5O21. The molecule has 26 heteroatoms. The van der Waals surface area contributed by atoms with E-state index >= 15 is 0 Å². The van der Waals surface area contributed by atoms with Crippen molar-refractivity contribution in [2.24, 2.45) is 5.73 Å². The van der Waals surface area contributed by atoms with Gasteiger partial charge >= 0.3 is 5.97 Å². The van der Waals surface area contributed by atoms with Gasteiger partial charge in [-0.1, -0.05) is 0 Å². The molecule has 0 aromatic rings. The molecule has 13 N–H and O–H groups in total. The number of aliphatic carboxylic acids is 1. The number of aliphatic hydroxyl groups excluding tert-OH is 6. The summed E-state index contributed by atoms with van der Waals surface area (Å²) in [6.07, 6.45) is -27.0. The van der Waals surface area contributed by atoms with Gasteiger partial charge in [0.05, 0.1) is 38.1 Å². The fourth-order valence-electron chi connectivity index (χ4n) is 7.61. The summed E-state index contributed by atoms with van der Waals surface area (Å²) in [5.74, 6) is -3.90. The SMILES string of the molecule is CC(=O)NC1C(O)[C@H](O)C(C)O[C@H]1OC1C(O)[C@H](O)C(C(=O)O)O[C@H]1OC1C(NC(C)=O)[C@H](OC2C(NC(C)=O)[C@H](OCCOCCNC(=O)CCCN)OC(C)[C@@H]2O)OC(C)[C@H]1O. The van der Waals surface area contributed by atoms with Gasteiger partial charge in [0.2, 0.25) is 23.6 Å². The Bertz CT molecular complexity index is 1550. The fraction of sp³-hybridized carbons (Fsp3) is 0.868. The van der Waals surface area contributed by atoms with Crippen molar-refractivity contribution in [3.8, 4) is 0 Å². The number of ether oxygens (including phenoxy) is 9. The zero-order valence-electron chi connectivity index (χ0n) is 36.4. The van der Waals surface area contributed by atoms with E-state index in [2.05, 4.69) is 21.3 Å². The van der Waals surface area contributed by atoms with Gasteiger partial charge in [-0.05, 0) is 33.7 Å². The third-order valence-electron chi connectivity index (χ3n) is 10.9. The Kier molecular flexibility index (Phi) is 20.4. The first kappa shape index (κ1) is 53.3. The monoisotopic (exact) mass is 927 g/mol. The molecule has 0 aromatic carbocycles. The van der Waals surface area contributed by atoms with Gasteiger partial charge in [0, 0.05) is 33.7 Å². The number of carboxylic acids is 1. The number of rotatable bonds is 20. The Morgan fingerprint density at radius 2 is 1.05 bits per heavy atom. The van der Waals surface area contributed by atoms with Crippen molar-refractivity contribution < 1.29 is 102 Å². The molecule has 0 radical (unpaired) electrons. The second-order valence-electron chi connectivity index (χ2n) is 16.0. The van der Waals surface area contributed by atoms with Crippen molar-refractivity contribution in [1.82, 2.24) is 21.3 Å². The van der Waals surface area contributed by atoms with E-state index in [4.69, 9.17) is 48.4 Å². The van der Waals surface area contributed by atoms with E-state index < -0.39 is 146 Å². The van der Waals surface area contributed by atoms with E-state index in [0.29, 0.717) is 13.0 Å². The number of carbonyl (C=O) groups excluding carboxylic acids is 4. The molecule has 4 saturated heterocycles. The van der Waals surface area contributed by atoms with E-state index in [1.807, 2.05) is 0 Å². The summed E-state index contributed by atoms with van der Waals surface area (Å²) >= 11 is 0. The number of aliphatic hydroxyl groups is 6. The summed E-state index contributed by atoms with van der Waals surface area (Å²) in [5, 5.41) is 86.7. The van der Waals surface area contributed by atoms with Crippen molar-refractivity contribution in [3.05, 3.63) is 0 Å². The molecule has 4 fully saturated rings. The van der Waals surface area contributed by atoms with Gasteiger partial charge < -0.3 is 105 Å². The van der Waals surface area contributed by atoms with Gasteiger partial charge in [-0.3, -0.25) is 19.2 Å². The number of carboxylic acid groups (broad SMARTS) is 1. The van der Waals surface area contributed by atoms with Gasteiger partial charge in [-0.25, -0.2) is 4.79 Å². The Hall–Kier alpha value is -3.29. The van der Waals surface area contributed by atoms with Crippen molar-refractivity contribution in [2.45, 2.75) is 177 Å². The van der Waals surface area contributed by atoms with Crippen LogP contribution in [0, 0.1) is 0 Å². The number of nitrogens with one attached hydrogen (secondary N) is 4. The lowest BCUT2D eigenvalue weighted by atomic mass is 9.94. The van der Waals surface area contributed by atoms with E-state index in [0.717, 1.165) is 13.8 Å². The predicted molar refractivity (Wildman–Crippen MR) is 211 cm³/mol. The molecule has 26 nitrogen and oxygen atoms in total. The molecular weight excluding hydrogens is 862 g/mol. The zero-order valence-corrected chi connectivity index (χ0v) is 36.4. The maximum absolute atomic E-state index is 12.8. The van der Waals surface area contributed by atoms with Gasteiger partial charge in [-0.2, -0.15) is 0 Å². The van der Waals surface area contributed by atoms with Crippen LogP contribution in [0.15, 0.2) is 0 Å². The van der Waals surface area contributed by atoms with Crippen molar-refractivity contribution in [3.63, 3.8) is 0 Å². The van der Waals surface area contributed by atoms with Crippen LogP contribution in [0.3, 0.4) is 0 Å². The minimum absolute atomic E-state index is 0.0310. The van der Waals surface area contributed by atoms with Crippen LogP contribution >= 0.6 is 0 Å². The second kappa shape index (κ2) is 24.5. The summed E-state index contributed by atoms with van der Waals surface area (Å²) in [5.41, 5.74) is 5.43. The molecule has 4 rings (SSSR count). The highest BCUT2D eigenvalue weighted by Crippen LogP contribution is 2.35. The lowest BCUT2D eigenvalue weighted by Crippen LogP contribution is -2.71. The van der Waals surface area contributed by atoms with Crippen LogP contribution in [0.1, 0.15) is 54.4 Å². The topological polar surface area (TPSA) is 384 Å². The van der Waals surface area contributed by atoms with Gasteiger partial charge in [0.1, 0.15) is 73.1 Å². The second-order valence-corrected chi connectivity index (χ2v) is 16.0. The highest BCUT2D eigenvalue weighted by Gasteiger charge is 2.57. The smallest absolute Gasteiger partial charge is 0.335 e. The largest absolute Gasteiger partial charge is 0.479 e. The van der Waals surface area contributed by atoms with Gasteiger partial charge in [0.15, 0.2) is 31.3 Å². The highest BCUT2D eigenvalue weighted by molar-refractivity contribution is 5.76. The van der Waals surface area contributed by atoms with Gasteiger partial charge in [0.25, 0.3) is 0 Å². The third kappa shape index (κ3) is 13.9. The van der Waals surface area contributed by atoms with E-state index in [9.17, 15) is 59.7 Å². The van der Waals surface area contributed by atoms with E-state index in [-0.39, 0.29) is 38.7 Å². The van der Waals surface area contributed by atoms with Crippen LogP contribution in [0.2, 0.25) is 0 Å². The Labute approximate surface area is 368 Å². The lowest BCUT2D eigenvalue weighted by Gasteiger charge is -2.50. The number of carbonyl (C=O) groups is 5. The zero-order chi connectivity index (χ0) is 47.6. The molecule has 4 aliphatic rings. The molecule has 64 heavy (non-hydrogen) atoms. The molecule has 4 aliphatic heterocycles. The number of nitrogens with two attached hydrogens (primary N) is 1. The quantitative estimate of drug-likeness (QED) is 0.0505. The minimum atomic E-state index is -2.16. The van der Waals surface area contributed by atoms with Crippen molar-refractivity contribution in [2.75, 3.05) is 32.9 Å². The summed E-state index contributed by atoms with van der Waals surface area (Å²) in [7, 11) is 0. The molecule has 4 amide bonds. The maximum atomic E-state index is 12.8. The number of hydrogen-bond donors (Lipinski definition) is 12. The normalized spacial score (nSPS) is 40.2. The summed E-state index contributed by atoms with van der Waals surface area (Å²) in [6, 6.07) is -4.29. The minimum Gasteiger partial charge on any atom is -0.479 e. The number of hydrogen-bond acceptors (Lipinski definition) is 21. The van der Waals surface area contributed by atoms with Gasteiger partial charge in [-0.15, -0.1) is 0 Å². The van der Waals surface area contributed by atoms with Crippen LogP contribution in [0.25, 0.3) is 0 Å². The highest BCUT2D eigenvalue weighted by atomic mass is 16.8. The molecule has 0 bridgehead atoms. The van der Waals surface area contributed by atoms with Crippen molar-refractivity contribution in [1.29, 1.82) is 0 Å². The first-order chi connectivity index (χ1) is 30.2. The predicted octanol–water partition coefficient (Wildman–Crippen LogP) is -6.25. The van der Waals surface area contributed by atoms with Crippen LogP contribution < -0.4 is 27.0 Å². The summed E-state index contributed by atoms with van der Waals surface area (Å²) in [4.78, 5) is 61.4. The molecule has 4 heterocycles. The summed E-state index contributed by atoms with van der Waals surface area (Å²) in [6.45, 7) is 8.40. The molecule has 368 valence electrons. The van der Waals surface area contributed by atoms with Crippen LogP contribution in [0.5, 0.6) is 0 Å². The summed E-state index contributed by atoms with van der Waals surface area (Å²) < 4.78 is 53.2. The van der Waals surface area contributed by atoms with E-state index in [1.54, 1.807) is 0 Å². The standard InChI is InChI=1S/C38H65N5O21/c1-14-24(48)27(51)21(41-17(4)44)36(59-14)64-33-29(53)28(52)32(34(54)55)63-38(33)62-31-23(43-19(6)46)37(60-16(3)26(31)50)61-30-22(42-18(5)45)35(58-15(2)25(30)49)57-13-12-56-11-10-40-20(47)8-7-9-39/h14-16,21-33,35-38,48-53H,7-13,39H2,1-6H3,(H,40,47)(H,41,44)(H,42,45)(H,43,46)(H,54,55)/t14?,15?,16?,21?,22?,23?,24-,25+,26-,27?,28+,29?,30?,31?,32?,33?,35-,36+,37+,38-/m1/s1. The first-order valence-electron chi connectivity index (χ1n) is 21.0. The van der Waals surface area contributed by atoms with Crippen LogP contribution in [-0.2, 0) is 66.6 Å².